The van der Waals surface area contributed by atoms with E-state index >= 15 is 0 Å². The minimum atomic E-state index is -0.692. The summed E-state index contributed by atoms with van der Waals surface area (Å²) in [7, 11) is -1.38. The van der Waals surface area contributed by atoms with Crippen LogP contribution >= 0.6 is 0 Å². The Kier molecular flexibility index (Phi) is 15.8. The van der Waals surface area contributed by atoms with Crippen LogP contribution in [0.2, 0.25) is 0 Å². The molecule has 0 saturated carbocycles. The first-order chi connectivity index (χ1) is 15.5. The molecule has 0 N–H and O–H groups in total. The third kappa shape index (κ3) is 10.7. The van der Waals surface area contributed by atoms with E-state index in [1.54, 1.807) is 0 Å². The van der Waals surface area contributed by atoms with Gasteiger partial charge in [-0.1, -0.05) is 117 Å². The van der Waals surface area contributed by atoms with E-state index < -0.39 is 19.5 Å². The van der Waals surface area contributed by atoms with Gasteiger partial charge in [-0.2, -0.15) is 0 Å². The second-order valence-corrected chi connectivity index (χ2v) is 12.7. The molecule has 0 aliphatic rings. The summed E-state index contributed by atoms with van der Waals surface area (Å²) < 4.78 is 13.5. The molecule has 0 fully saturated rings. The molecule has 0 saturated heterocycles. The largest absolute Gasteiger partial charge is 0.413 e. The van der Waals surface area contributed by atoms with E-state index in [0.717, 1.165) is 12.8 Å². The van der Waals surface area contributed by atoms with Gasteiger partial charge in [0.05, 0.1) is 11.2 Å². The highest BCUT2D eigenvalue weighted by Crippen LogP contribution is 2.30. The van der Waals surface area contributed by atoms with Gasteiger partial charge in [-0.15, -0.1) is 0 Å². The zero-order valence-corrected chi connectivity index (χ0v) is 25.3. The van der Waals surface area contributed by atoms with Crippen LogP contribution in [0.5, 0.6) is 0 Å². The Morgan fingerprint density at radius 3 is 1.03 bits per heavy atom. The summed E-state index contributed by atoms with van der Waals surface area (Å²) in [5.74, 6) is 0. The lowest BCUT2D eigenvalue weighted by atomic mass is 9.88. The maximum absolute atomic E-state index is 6.75. The summed E-state index contributed by atoms with van der Waals surface area (Å²) in [5, 5.41) is 2.87. The van der Waals surface area contributed by atoms with Crippen LogP contribution in [-0.2, 0) is 8.85 Å². The Hall–Kier alpha value is -0.426. The molecule has 1 aromatic carbocycles. The Labute approximate surface area is 205 Å². The number of benzene rings is 1. The van der Waals surface area contributed by atoms with Crippen molar-refractivity contribution in [3.05, 3.63) is 24.3 Å². The number of unbranched alkanes of at least 4 members (excludes halogenated alkanes) is 4. The highest BCUT2D eigenvalue weighted by Gasteiger charge is 2.28. The van der Waals surface area contributed by atoms with Crippen molar-refractivity contribution >= 4 is 29.9 Å². The van der Waals surface area contributed by atoms with E-state index in [-0.39, 0.29) is 11.2 Å². The van der Waals surface area contributed by atoms with Crippen molar-refractivity contribution in [3.8, 4) is 0 Å². The molecule has 32 heavy (non-hydrogen) atoms. The van der Waals surface area contributed by atoms with Crippen molar-refractivity contribution in [1.29, 1.82) is 0 Å². The normalized spacial score (nSPS) is 13.2. The van der Waals surface area contributed by atoms with E-state index in [1.807, 2.05) is 0 Å². The number of rotatable bonds is 20. The first-order valence-corrected chi connectivity index (χ1v) is 16.4. The van der Waals surface area contributed by atoms with Gasteiger partial charge >= 0.3 is 0 Å². The molecule has 0 aromatic heterocycles. The Balaban J connectivity index is 2.72. The smallest absolute Gasteiger partial charge is 0.193 e. The van der Waals surface area contributed by atoms with Gasteiger partial charge in [0.1, 0.15) is 0 Å². The highest BCUT2D eigenvalue weighted by atomic mass is 28.2. The van der Waals surface area contributed by atoms with Crippen molar-refractivity contribution in [1.82, 2.24) is 0 Å². The van der Waals surface area contributed by atoms with E-state index in [2.05, 4.69) is 65.8 Å². The van der Waals surface area contributed by atoms with Crippen LogP contribution in [0.25, 0.3) is 0 Å². The maximum atomic E-state index is 6.75. The van der Waals surface area contributed by atoms with Crippen LogP contribution < -0.4 is 10.4 Å². The molecule has 186 valence electrons. The molecular weight excluding hydrogens is 424 g/mol. The van der Waals surface area contributed by atoms with Gasteiger partial charge in [0, 0.05) is 0 Å². The van der Waals surface area contributed by atoms with E-state index in [4.69, 9.17) is 8.85 Å². The number of hydrogen-bond acceptors (Lipinski definition) is 2. The van der Waals surface area contributed by atoms with E-state index in [9.17, 15) is 0 Å². The van der Waals surface area contributed by atoms with Crippen LogP contribution in [0, 0.1) is 0 Å². The molecular formula is C28H54O2Si2. The molecule has 0 heterocycles. The van der Waals surface area contributed by atoms with Crippen LogP contribution in [0.3, 0.4) is 0 Å². The molecule has 0 aliphatic carbocycles. The summed E-state index contributed by atoms with van der Waals surface area (Å²) in [4.78, 5) is 0. The molecule has 0 atom stereocenters. The zero-order valence-electron chi connectivity index (χ0n) is 22.4. The summed E-state index contributed by atoms with van der Waals surface area (Å²) in [6.07, 6.45) is 17.3. The fraction of sp³-hybridized carbons (Fsp3) is 0.786. The van der Waals surface area contributed by atoms with Gasteiger partial charge in [-0.25, -0.2) is 0 Å². The lowest BCUT2D eigenvalue weighted by molar-refractivity contribution is 0.0472. The van der Waals surface area contributed by atoms with Gasteiger partial charge in [-0.05, 0) is 48.9 Å². The van der Waals surface area contributed by atoms with Gasteiger partial charge in [0.25, 0.3) is 0 Å². The molecule has 0 unspecified atom stereocenters. The third-order valence-corrected chi connectivity index (χ3v) is 10.5. The molecule has 0 spiro atoms. The Morgan fingerprint density at radius 1 is 0.531 bits per heavy atom. The summed E-state index contributed by atoms with van der Waals surface area (Å²) in [5.41, 5.74) is 0.238. The van der Waals surface area contributed by atoms with Crippen molar-refractivity contribution in [2.24, 2.45) is 0 Å². The third-order valence-electron chi connectivity index (χ3n) is 7.35. The minimum Gasteiger partial charge on any atom is -0.413 e. The van der Waals surface area contributed by atoms with Crippen LogP contribution in [0.4, 0.5) is 0 Å². The molecule has 0 radical (unpaired) electrons. The minimum absolute atomic E-state index is 0.119. The highest BCUT2D eigenvalue weighted by molar-refractivity contribution is 6.49. The van der Waals surface area contributed by atoms with Crippen LogP contribution in [-0.4, -0.2) is 30.7 Å². The predicted molar refractivity (Wildman–Crippen MR) is 149 cm³/mol. The molecule has 0 amide bonds. The quantitative estimate of drug-likeness (QED) is 0.208. The molecule has 2 nitrogen and oxygen atoms in total. The van der Waals surface area contributed by atoms with E-state index in [1.165, 1.54) is 87.4 Å². The fourth-order valence-corrected chi connectivity index (χ4v) is 7.44. The SMILES string of the molecule is CCCCC(CC)(CCCC)O[SiH2]c1ccc([SiH2]OC(CC)(CCCC)CCCC)cc1. The molecule has 0 aliphatic heterocycles. The second-order valence-electron chi connectivity index (χ2n) is 9.88. The van der Waals surface area contributed by atoms with Crippen molar-refractivity contribution in [3.63, 3.8) is 0 Å². The van der Waals surface area contributed by atoms with Crippen molar-refractivity contribution in [2.75, 3.05) is 0 Å². The first-order valence-electron chi connectivity index (χ1n) is 13.9. The van der Waals surface area contributed by atoms with Gasteiger partial charge in [-0.3, -0.25) is 0 Å². The molecule has 4 heteroatoms. The van der Waals surface area contributed by atoms with Gasteiger partial charge < -0.3 is 8.85 Å². The first kappa shape index (κ1) is 29.6. The zero-order chi connectivity index (χ0) is 23.7. The molecule has 1 rings (SSSR count). The monoisotopic (exact) mass is 478 g/mol. The Morgan fingerprint density at radius 2 is 0.812 bits per heavy atom. The van der Waals surface area contributed by atoms with Crippen LogP contribution in [0.15, 0.2) is 24.3 Å². The maximum Gasteiger partial charge on any atom is 0.193 e. The van der Waals surface area contributed by atoms with Gasteiger partial charge in [0.15, 0.2) is 19.5 Å². The van der Waals surface area contributed by atoms with Crippen molar-refractivity contribution < 1.29 is 8.85 Å². The predicted octanol–water partition coefficient (Wildman–Crippen LogP) is 6.20. The lowest BCUT2D eigenvalue weighted by Crippen LogP contribution is -2.38. The van der Waals surface area contributed by atoms with Crippen LogP contribution in [0.1, 0.15) is 131 Å². The lowest BCUT2D eigenvalue weighted by Gasteiger charge is -2.34. The van der Waals surface area contributed by atoms with Crippen molar-refractivity contribution in [2.45, 2.75) is 143 Å². The molecule has 0 bridgehead atoms. The standard InChI is InChI=1S/C28H54O2Si2/c1-7-13-21-27(11-5,22-14-8-2)29-31-25-17-19-26(20-18-25)32-30-28(12-6,23-15-9-3)24-16-10-4/h17-20H,7-16,21-24,31-32H2,1-6H3. The Bertz CT molecular complexity index is 506. The van der Waals surface area contributed by atoms with E-state index in [0.29, 0.717) is 0 Å². The number of hydrogen-bond donors (Lipinski definition) is 0. The van der Waals surface area contributed by atoms with Gasteiger partial charge in [0.2, 0.25) is 0 Å². The topological polar surface area (TPSA) is 18.5 Å². The summed E-state index contributed by atoms with van der Waals surface area (Å²) >= 11 is 0. The second kappa shape index (κ2) is 17.1. The average molecular weight is 479 g/mol. The average Bonchev–Trinajstić information content (AvgIpc) is 2.84. The summed E-state index contributed by atoms with van der Waals surface area (Å²) in [6.45, 7) is 13.8. The fourth-order valence-electron chi connectivity index (χ4n) is 4.65. The summed E-state index contributed by atoms with van der Waals surface area (Å²) in [6, 6.07) is 9.35. The molecule has 1 aromatic rings.